The molecule has 1 atom stereocenters. The van der Waals surface area contributed by atoms with Gasteiger partial charge < -0.3 is 0 Å². The Kier molecular flexibility index (Phi) is 6.10. The first-order valence-corrected chi connectivity index (χ1v) is 12.5. The Morgan fingerprint density at radius 1 is 0.938 bits per heavy atom. The lowest BCUT2D eigenvalue weighted by Crippen LogP contribution is -2.34. The molecule has 0 bridgehead atoms. The van der Waals surface area contributed by atoms with Crippen molar-refractivity contribution in [3.05, 3.63) is 70.3 Å². The maximum absolute atomic E-state index is 11.9. The lowest BCUT2D eigenvalue weighted by molar-refractivity contribution is -0.137. The van der Waals surface area contributed by atoms with E-state index in [1.54, 1.807) is 0 Å². The minimum absolute atomic E-state index is 0.218. The summed E-state index contributed by atoms with van der Waals surface area (Å²) in [6.45, 7) is 12.1. The largest absolute Gasteiger partial charge is 0.307 e. The molecule has 1 unspecified atom stereocenters. The minimum Gasteiger partial charge on any atom is -0.285 e. The molecule has 5 heteroatoms. The van der Waals surface area contributed by atoms with Gasteiger partial charge in [0.1, 0.15) is 0 Å². The predicted molar refractivity (Wildman–Crippen MR) is 136 cm³/mol. The van der Waals surface area contributed by atoms with Crippen molar-refractivity contribution in [1.82, 2.24) is 4.90 Å². The van der Waals surface area contributed by atoms with Crippen LogP contribution < -0.4 is 0 Å². The smallest absolute Gasteiger partial charge is 0.285 e. The van der Waals surface area contributed by atoms with Crippen LogP contribution in [-0.4, -0.2) is 20.2 Å². The zero-order valence-corrected chi connectivity index (χ0v) is 21.2. The van der Waals surface area contributed by atoms with Crippen molar-refractivity contribution >= 4 is 39.3 Å². The van der Waals surface area contributed by atoms with E-state index in [4.69, 9.17) is 12.2 Å². The first-order chi connectivity index (χ1) is 15.0. The normalized spacial score (nSPS) is 20.4. The first kappa shape index (κ1) is 23.2. The number of carbonyl (C=O) groups is 2. The quantitative estimate of drug-likeness (QED) is 0.385. The Bertz CT molecular complexity index is 1090. The fraction of sp³-hybridized carbons (Fsp3) is 0.444. The van der Waals surface area contributed by atoms with E-state index in [2.05, 4.69) is 65.0 Å². The monoisotopic (exact) mass is 465 g/mol. The highest BCUT2D eigenvalue weighted by molar-refractivity contribution is 8.34. The number of thiocarbonyl (C=S) groups is 1. The number of hydrogen-bond donors (Lipinski definition) is 0. The van der Waals surface area contributed by atoms with Crippen LogP contribution in [0.25, 0.3) is 0 Å². The standard InChI is InChI=1S/C27H31NO2S2/c1-17(20-10-11-21-22(15-20)27(4,5)13-12-26(21,2)3)14-18-6-8-19(9-7-18)16-28-23(29)24(30)32-25(28)31/h6-11,15,17H,12-14,16H2,1-5H3. The number of hydrogen-bond acceptors (Lipinski definition) is 4. The number of amides is 1. The van der Waals surface area contributed by atoms with E-state index in [9.17, 15) is 9.59 Å². The Hall–Kier alpha value is -1.98. The fourth-order valence-corrected chi connectivity index (χ4v) is 5.84. The molecule has 4 rings (SSSR count). The number of fused-ring (bicyclic) bond motifs is 1. The molecule has 2 aromatic rings. The van der Waals surface area contributed by atoms with Crippen LogP contribution in [0.3, 0.4) is 0 Å². The second-order valence-corrected chi connectivity index (χ2v) is 12.1. The zero-order valence-electron chi connectivity index (χ0n) is 19.5. The summed E-state index contributed by atoms with van der Waals surface area (Å²) in [6, 6.07) is 15.4. The Morgan fingerprint density at radius 2 is 1.53 bits per heavy atom. The fourth-order valence-electron chi connectivity index (χ4n) is 4.86. The summed E-state index contributed by atoms with van der Waals surface area (Å²) >= 11 is 5.99. The molecule has 1 amide bonds. The molecule has 32 heavy (non-hydrogen) atoms. The highest BCUT2D eigenvalue weighted by Gasteiger charge is 2.37. The molecule has 0 aromatic heterocycles. The third-order valence-corrected chi connectivity index (χ3v) is 8.40. The summed E-state index contributed by atoms with van der Waals surface area (Å²) in [7, 11) is 0. The van der Waals surface area contributed by atoms with E-state index in [1.807, 2.05) is 12.1 Å². The van der Waals surface area contributed by atoms with Gasteiger partial charge in [-0.05, 0) is 75.6 Å². The third-order valence-electron chi connectivity index (χ3n) is 7.17. The van der Waals surface area contributed by atoms with Crippen molar-refractivity contribution in [3.63, 3.8) is 0 Å². The molecule has 1 aliphatic carbocycles. The van der Waals surface area contributed by atoms with Crippen molar-refractivity contribution in [1.29, 1.82) is 0 Å². The molecule has 1 heterocycles. The molecule has 1 aliphatic heterocycles. The summed E-state index contributed by atoms with van der Waals surface area (Å²) < 4.78 is 0.344. The van der Waals surface area contributed by atoms with Gasteiger partial charge >= 0.3 is 5.91 Å². The van der Waals surface area contributed by atoms with Crippen molar-refractivity contribution in [2.45, 2.75) is 77.2 Å². The Morgan fingerprint density at radius 3 is 2.12 bits per heavy atom. The molecule has 2 aromatic carbocycles. The number of rotatable bonds is 5. The van der Waals surface area contributed by atoms with E-state index in [-0.39, 0.29) is 10.8 Å². The molecule has 1 fully saturated rings. The summed E-state index contributed by atoms with van der Waals surface area (Å²) in [5.74, 6) is -0.107. The van der Waals surface area contributed by atoms with E-state index >= 15 is 0 Å². The van der Waals surface area contributed by atoms with E-state index in [0.717, 1.165) is 23.7 Å². The van der Waals surface area contributed by atoms with E-state index < -0.39 is 11.0 Å². The SMILES string of the molecule is CC(Cc1ccc(CN2C(=O)C(=O)SC2=S)cc1)c1ccc2c(c1)C(C)(C)CCC2(C)C. The van der Waals surface area contributed by atoms with Crippen LogP contribution in [0.2, 0.25) is 0 Å². The van der Waals surface area contributed by atoms with Crippen molar-refractivity contribution < 1.29 is 9.59 Å². The van der Waals surface area contributed by atoms with Gasteiger partial charge in [-0.3, -0.25) is 14.5 Å². The van der Waals surface area contributed by atoms with Gasteiger partial charge in [0.2, 0.25) is 0 Å². The third kappa shape index (κ3) is 4.42. The van der Waals surface area contributed by atoms with Crippen molar-refractivity contribution in [2.75, 3.05) is 0 Å². The van der Waals surface area contributed by atoms with E-state index in [0.29, 0.717) is 16.8 Å². The van der Waals surface area contributed by atoms with Gasteiger partial charge in [-0.15, -0.1) is 0 Å². The molecule has 3 nitrogen and oxygen atoms in total. The summed E-state index contributed by atoms with van der Waals surface area (Å²) in [5.41, 5.74) is 7.10. The van der Waals surface area contributed by atoms with Gasteiger partial charge in [0.15, 0.2) is 4.32 Å². The molecular weight excluding hydrogens is 434 g/mol. The lowest BCUT2D eigenvalue weighted by Gasteiger charge is -2.42. The highest BCUT2D eigenvalue weighted by atomic mass is 32.2. The van der Waals surface area contributed by atoms with Crippen LogP contribution in [0.1, 0.15) is 81.2 Å². The average molecular weight is 466 g/mol. The second kappa shape index (κ2) is 8.42. The summed E-state index contributed by atoms with van der Waals surface area (Å²) in [5, 5.41) is -0.489. The van der Waals surface area contributed by atoms with Gasteiger partial charge in [0.05, 0.1) is 6.54 Å². The molecule has 0 N–H and O–H groups in total. The second-order valence-electron chi connectivity index (χ2n) is 10.5. The van der Waals surface area contributed by atoms with Gasteiger partial charge in [-0.2, -0.15) is 0 Å². The van der Waals surface area contributed by atoms with Gasteiger partial charge in [0, 0.05) is 0 Å². The minimum atomic E-state index is -0.517. The van der Waals surface area contributed by atoms with Gasteiger partial charge in [-0.1, -0.05) is 89.3 Å². The van der Waals surface area contributed by atoms with Gasteiger partial charge in [0.25, 0.3) is 5.12 Å². The number of benzene rings is 2. The molecule has 1 saturated heterocycles. The maximum Gasteiger partial charge on any atom is 0.307 e. The summed E-state index contributed by atoms with van der Waals surface area (Å²) in [4.78, 5) is 24.9. The van der Waals surface area contributed by atoms with Crippen LogP contribution in [-0.2, 0) is 33.4 Å². The molecule has 0 radical (unpaired) electrons. The van der Waals surface area contributed by atoms with Crippen LogP contribution in [0, 0.1) is 0 Å². The van der Waals surface area contributed by atoms with Crippen LogP contribution in [0.15, 0.2) is 42.5 Å². The molecular formula is C27H31NO2S2. The zero-order chi connectivity index (χ0) is 23.3. The van der Waals surface area contributed by atoms with Crippen molar-refractivity contribution in [2.24, 2.45) is 0 Å². The molecule has 168 valence electrons. The highest BCUT2D eigenvalue weighted by Crippen LogP contribution is 2.46. The topological polar surface area (TPSA) is 37.4 Å². The molecule has 2 aliphatic rings. The van der Waals surface area contributed by atoms with Crippen LogP contribution in [0.5, 0.6) is 0 Å². The first-order valence-electron chi connectivity index (χ1n) is 11.3. The average Bonchev–Trinajstić information content (AvgIpc) is 2.98. The maximum atomic E-state index is 11.9. The number of carbonyl (C=O) groups excluding carboxylic acids is 2. The summed E-state index contributed by atoms with van der Waals surface area (Å²) in [6.07, 6.45) is 3.41. The lowest BCUT2D eigenvalue weighted by atomic mass is 9.62. The number of nitrogens with zero attached hydrogens (tertiary/aromatic N) is 1. The molecule has 0 spiro atoms. The predicted octanol–water partition coefficient (Wildman–Crippen LogP) is 6.27. The van der Waals surface area contributed by atoms with Crippen LogP contribution in [0.4, 0.5) is 0 Å². The van der Waals surface area contributed by atoms with E-state index in [1.165, 1.54) is 40.0 Å². The Balaban J connectivity index is 1.48. The molecule has 0 saturated carbocycles. The Labute approximate surface area is 201 Å². The number of thioether (sulfide) groups is 1. The van der Waals surface area contributed by atoms with Crippen LogP contribution >= 0.6 is 24.0 Å². The van der Waals surface area contributed by atoms with Crippen molar-refractivity contribution in [3.8, 4) is 0 Å². The van der Waals surface area contributed by atoms with Gasteiger partial charge in [-0.25, -0.2) is 0 Å².